The van der Waals surface area contributed by atoms with Gasteiger partial charge in [0, 0.05) is 21.7 Å². The van der Waals surface area contributed by atoms with Gasteiger partial charge in [0.2, 0.25) is 6.79 Å². The van der Waals surface area contributed by atoms with Crippen LogP contribution in [0.5, 0.6) is 11.5 Å². The number of carboxylic acid groups (broad SMARTS) is 1. The number of fused-ring (bicyclic) bond motifs is 1. The van der Waals surface area contributed by atoms with E-state index >= 15 is 0 Å². The molecule has 0 radical (unpaired) electrons. The van der Waals surface area contributed by atoms with Gasteiger partial charge >= 0.3 is 5.97 Å². The number of nitrogens with zero attached hydrogens (tertiary/aromatic N) is 1. The first kappa shape index (κ1) is 15.9. The first-order valence-corrected chi connectivity index (χ1v) is 9.29. The maximum absolute atomic E-state index is 12.1. The summed E-state index contributed by atoms with van der Waals surface area (Å²) in [5.74, 6) is 0.502. The Kier molecular flexibility index (Phi) is 4.63. The number of hydrogen-bond donors (Lipinski definition) is 1. The number of rotatable bonds is 6. The summed E-state index contributed by atoms with van der Waals surface area (Å²) in [7, 11) is -1.48. The van der Waals surface area contributed by atoms with E-state index in [1.54, 1.807) is 6.92 Å². The Morgan fingerprint density at radius 3 is 2.96 bits per heavy atom. The number of ether oxygens (including phenoxy) is 2. The van der Waals surface area contributed by atoms with Gasteiger partial charge in [-0.2, -0.15) is 0 Å². The van der Waals surface area contributed by atoms with E-state index in [-0.39, 0.29) is 12.5 Å². The number of benzene rings is 1. The van der Waals surface area contributed by atoms with Gasteiger partial charge < -0.3 is 14.6 Å². The molecule has 0 saturated carbocycles. The lowest BCUT2D eigenvalue weighted by atomic mass is 10.2. The number of carbonyl (C=O) groups is 1. The standard InChI is InChI=1S/C15H15NO5S2/c1-2-13(15(17)18)23(19)7-10-6-22-14(16-10)9-3-4-11-12(5-9)21-8-20-11/h3-6,13H,2,7-8H2,1H3,(H,17,18). The van der Waals surface area contributed by atoms with Crippen molar-refractivity contribution in [3.8, 4) is 22.1 Å². The maximum Gasteiger partial charge on any atom is 0.319 e. The zero-order valence-electron chi connectivity index (χ0n) is 12.4. The van der Waals surface area contributed by atoms with Crippen molar-refractivity contribution in [3.63, 3.8) is 0 Å². The molecule has 2 unspecified atom stereocenters. The molecule has 1 N–H and O–H groups in total. The molecular formula is C15H15NO5S2. The molecular weight excluding hydrogens is 338 g/mol. The van der Waals surface area contributed by atoms with Gasteiger partial charge in [-0.25, -0.2) is 4.98 Å². The SMILES string of the molecule is CCC(C(=O)O)S(=O)Cc1csc(-c2ccc3c(c2)OCO3)n1. The Morgan fingerprint density at radius 2 is 2.22 bits per heavy atom. The van der Waals surface area contributed by atoms with Crippen molar-refractivity contribution >= 4 is 28.1 Å². The molecule has 2 aromatic rings. The molecule has 1 aliphatic heterocycles. The van der Waals surface area contributed by atoms with Crippen molar-refractivity contribution < 1.29 is 23.6 Å². The van der Waals surface area contributed by atoms with Gasteiger partial charge in [0.1, 0.15) is 10.3 Å². The molecule has 3 rings (SSSR count). The van der Waals surface area contributed by atoms with Gasteiger partial charge in [-0.3, -0.25) is 9.00 Å². The zero-order valence-corrected chi connectivity index (χ0v) is 14.0. The Hall–Kier alpha value is -1.93. The minimum absolute atomic E-state index is 0.145. The Balaban J connectivity index is 1.76. The van der Waals surface area contributed by atoms with Crippen molar-refractivity contribution in [2.24, 2.45) is 0 Å². The molecule has 0 saturated heterocycles. The summed E-state index contributed by atoms with van der Waals surface area (Å²) in [6.45, 7) is 1.93. The molecule has 6 nitrogen and oxygen atoms in total. The van der Waals surface area contributed by atoms with E-state index < -0.39 is 22.0 Å². The van der Waals surface area contributed by atoms with Crippen LogP contribution in [0.2, 0.25) is 0 Å². The lowest BCUT2D eigenvalue weighted by Gasteiger charge is -2.07. The van der Waals surface area contributed by atoms with Crippen LogP contribution in [0.1, 0.15) is 19.0 Å². The van der Waals surface area contributed by atoms with Gasteiger partial charge in [-0.15, -0.1) is 11.3 Å². The number of aliphatic carboxylic acids is 1. The molecule has 0 aliphatic carbocycles. The smallest absolute Gasteiger partial charge is 0.319 e. The summed E-state index contributed by atoms with van der Waals surface area (Å²) in [6, 6.07) is 5.57. The summed E-state index contributed by atoms with van der Waals surface area (Å²) in [6.07, 6.45) is 0.334. The molecule has 0 bridgehead atoms. The second kappa shape index (κ2) is 6.67. The Morgan fingerprint density at radius 1 is 1.43 bits per heavy atom. The Bertz CT molecular complexity index is 758. The third kappa shape index (κ3) is 3.37. The second-order valence-electron chi connectivity index (χ2n) is 4.97. The van der Waals surface area contributed by atoms with E-state index in [0.29, 0.717) is 23.6 Å². The van der Waals surface area contributed by atoms with Crippen molar-refractivity contribution in [2.75, 3.05) is 6.79 Å². The van der Waals surface area contributed by atoms with Crippen LogP contribution in [-0.4, -0.2) is 32.3 Å². The Labute approximate surface area is 139 Å². The van der Waals surface area contributed by atoms with E-state index in [1.807, 2.05) is 23.6 Å². The highest BCUT2D eigenvalue weighted by molar-refractivity contribution is 7.85. The summed E-state index contributed by atoms with van der Waals surface area (Å²) < 4.78 is 22.8. The van der Waals surface area contributed by atoms with Crippen LogP contribution in [0.15, 0.2) is 23.6 Å². The molecule has 1 aromatic carbocycles. The van der Waals surface area contributed by atoms with Crippen LogP contribution in [0.3, 0.4) is 0 Å². The van der Waals surface area contributed by atoms with E-state index in [1.165, 1.54) is 11.3 Å². The number of aromatic nitrogens is 1. The van der Waals surface area contributed by atoms with Gasteiger partial charge in [0.05, 0.1) is 11.4 Å². The van der Waals surface area contributed by atoms with Gasteiger partial charge in [0.25, 0.3) is 0 Å². The third-order valence-electron chi connectivity index (χ3n) is 3.42. The highest BCUT2D eigenvalue weighted by Gasteiger charge is 2.23. The van der Waals surface area contributed by atoms with Gasteiger partial charge in [0.15, 0.2) is 11.5 Å². The molecule has 2 atom stereocenters. The van der Waals surface area contributed by atoms with Crippen molar-refractivity contribution in [2.45, 2.75) is 24.3 Å². The number of hydrogen-bond acceptors (Lipinski definition) is 6. The molecule has 0 fully saturated rings. The van der Waals surface area contributed by atoms with Crippen molar-refractivity contribution in [3.05, 3.63) is 29.3 Å². The van der Waals surface area contributed by atoms with Gasteiger partial charge in [-0.05, 0) is 24.6 Å². The quantitative estimate of drug-likeness (QED) is 0.859. The predicted molar refractivity (Wildman–Crippen MR) is 87.2 cm³/mol. The van der Waals surface area contributed by atoms with Crippen LogP contribution < -0.4 is 9.47 Å². The van der Waals surface area contributed by atoms with Crippen LogP contribution in [-0.2, 0) is 21.3 Å². The number of thiazole rings is 1. The first-order valence-electron chi connectivity index (χ1n) is 7.03. The fourth-order valence-electron chi connectivity index (χ4n) is 2.25. The van der Waals surface area contributed by atoms with E-state index in [0.717, 1.165) is 10.6 Å². The van der Waals surface area contributed by atoms with Crippen molar-refractivity contribution in [1.82, 2.24) is 4.98 Å². The minimum atomic E-state index is -1.48. The third-order valence-corrected chi connectivity index (χ3v) is 6.12. The summed E-state index contributed by atoms with van der Waals surface area (Å²) in [5.41, 5.74) is 1.53. The summed E-state index contributed by atoms with van der Waals surface area (Å²) >= 11 is 1.43. The highest BCUT2D eigenvalue weighted by atomic mass is 32.2. The molecule has 0 amide bonds. The van der Waals surface area contributed by atoms with Crippen molar-refractivity contribution in [1.29, 1.82) is 0 Å². The van der Waals surface area contributed by atoms with E-state index in [4.69, 9.17) is 14.6 Å². The lowest BCUT2D eigenvalue weighted by Crippen LogP contribution is -2.25. The normalized spacial score (nSPS) is 15.3. The lowest BCUT2D eigenvalue weighted by molar-refractivity contribution is -0.136. The maximum atomic E-state index is 12.1. The average Bonchev–Trinajstić information content (AvgIpc) is 3.15. The molecule has 23 heavy (non-hydrogen) atoms. The molecule has 122 valence electrons. The monoisotopic (exact) mass is 353 g/mol. The fraction of sp³-hybridized carbons (Fsp3) is 0.333. The molecule has 1 aliphatic rings. The molecule has 1 aromatic heterocycles. The van der Waals surface area contributed by atoms with E-state index in [9.17, 15) is 9.00 Å². The van der Waals surface area contributed by atoms with Crippen LogP contribution >= 0.6 is 11.3 Å². The molecule has 8 heteroatoms. The molecule has 0 spiro atoms. The van der Waals surface area contributed by atoms with Crippen LogP contribution in [0.4, 0.5) is 0 Å². The van der Waals surface area contributed by atoms with Gasteiger partial charge in [-0.1, -0.05) is 6.92 Å². The second-order valence-corrected chi connectivity index (χ2v) is 7.45. The molecule has 2 heterocycles. The zero-order chi connectivity index (χ0) is 16.4. The average molecular weight is 353 g/mol. The minimum Gasteiger partial charge on any atom is -0.480 e. The van der Waals surface area contributed by atoms with E-state index in [2.05, 4.69) is 4.98 Å². The first-order chi connectivity index (χ1) is 11.1. The predicted octanol–water partition coefficient (Wildman–Crippen LogP) is 2.65. The van der Waals surface area contributed by atoms with Crippen LogP contribution in [0, 0.1) is 0 Å². The summed E-state index contributed by atoms with van der Waals surface area (Å²) in [4.78, 5) is 15.5. The topological polar surface area (TPSA) is 85.7 Å². The summed E-state index contributed by atoms with van der Waals surface area (Å²) in [5, 5.41) is 10.8. The fourth-order valence-corrected chi connectivity index (χ4v) is 4.41. The number of carboxylic acids is 1. The highest BCUT2D eigenvalue weighted by Crippen LogP contribution is 2.36. The largest absolute Gasteiger partial charge is 0.480 e. The van der Waals surface area contributed by atoms with Crippen LogP contribution in [0.25, 0.3) is 10.6 Å².